The summed E-state index contributed by atoms with van der Waals surface area (Å²) in [5.41, 5.74) is 0.982. The summed E-state index contributed by atoms with van der Waals surface area (Å²) < 4.78 is 34.6. The van der Waals surface area contributed by atoms with Gasteiger partial charge in [0, 0.05) is 13.0 Å². The first-order valence-corrected chi connectivity index (χ1v) is 9.14. The molecule has 0 N–H and O–H groups in total. The summed E-state index contributed by atoms with van der Waals surface area (Å²) in [5.74, 6) is 0.316. The van der Waals surface area contributed by atoms with E-state index >= 15 is 0 Å². The van der Waals surface area contributed by atoms with Crippen LogP contribution >= 0.6 is 0 Å². The van der Waals surface area contributed by atoms with Gasteiger partial charge in [-0.3, -0.25) is 0 Å². The predicted molar refractivity (Wildman–Crippen MR) is 83.4 cm³/mol. The number of Topliss-reactive ketones (excluding diaryl/α,β-unsaturated/α-hetero) is 1. The van der Waals surface area contributed by atoms with E-state index in [0.717, 1.165) is 24.8 Å². The Bertz CT molecular complexity index is 585. The van der Waals surface area contributed by atoms with Crippen LogP contribution in [0.25, 0.3) is 0 Å². The van der Waals surface area contributed by atoms with Gasteiger partial charge >= 0.3 is 10.1 Å². The summed E-state index contributed by atoms with van der Waals surface area (Å²) in [5, 5.41) is 0. The lowest BCUT2D eigenvalue weighted by molar-refractivity contribution is -0.116. The molecule has 0 aromatic heterocycles. The van der Waals surface area contributed by atoms with Crippen LogP contribution in [0.2, 0.25) is 0 Å². The maximum atomic E-state index is 12.0. The fourth-order valence-corrected chi connectivity index (χ4v) is 3.57. The summed E-state index contributed by atoms with van der Waals surface area (Å²) >= 11 is 0. The minimum absolute atomic E-state index is 0.112. The Morgan fingerprint density at radius 1 is 1.27 bits per heavy atom. The van der Waals surface area contributed by atoms with Crippen LogP contribution < -0.4 is 4.18 Å². The highest BCUT2D eigenvalue weighted by Gasteiger charge is 2.23. The van der Waals surface area contributed by atoms with Gasteiger partial charge in [0.05, 0.1) is 6.10 Å². The lowest BCUT2D eigenvalue weighted by Gasteiger charge is -2.22. The monoisotopic (exact) mass is 326 g/mol. The average Bonchev–Trinajstić information content (AvgIpc) is 2.46. The fraction of sp³-hybridized carbons (Fsp3) is 0.562. The van der Waals surface area contributed by atoms with Gasteiger partial charge < -0.3 is 13.7 Å². The number of carbonyl (C=O) groups is 1. The van der Waals surface area contributed by atoms with Gasteiger partial charge in [-0.05, 0) is 50.3 Å². The van der Waals surface area contributed by atoms with Crippen molar-refractivity contribution in [1.29, 1.82) is 0 Å². The molecule has 22 heavy (non-hydrogen) atoms. The first-order valence-electron chi connectivity index (χ1n) is 7.57. The number of rotatable bonds is 7. The van der Waals surface area contributed by atoms with Crippen LogP contribution in [0.3, 0.4) is 0 Å². The van der Waals surface area contributed by atoms with E-state index in [4.69, 9.17) is 8.92 Å². The lowest BCUT2D eigenvalue weighted by atomic mass is 10.1. The molecule has 1 heterocycles. The third-order valence-electron chi connectivity index (χ3n) is 3.58. The molecule has 1 saturated heterocycles. The maximum Gasteiger partial charge on any atom is 0.311 e. The van der Waals surface area contributed by atoms with Gasteiger partial charge in [0.1, 0.15) is 17.3 Å². The van der Waals surface area contributed by atoms with E-state index in [1.807, 2.05) is 0 Å². The number of hydrogen-bond acceptors (Lipinski definition) is 5. The van der Waals surface area contributed by atoms with Crippen LogP contribution in [0.4, 0.5) is 0 Å². The molecule has 0 spiro atoms. The zero-order valence-corrected chi connectivity index (χ0v) is 13.6. The number of carbonyl (C=O) groups excluding carboxylic acids is 1. The van der Waals surface area contributed by atoms with Gasteiger partial charge in [-0.25, -0.2) is 0 Å². The zero-order chi connectivity index (χ0) is 16.0. The van der Waals surface area contributed by atoms with Crippen LogP contribution in [0.5, 0.6) is 5.75 Å². The van der Waals surface area contributed by atoms with Crippen LogP contribution in [-0.4, -0.2) is 32.7 Å². The van der Waals surface area contributed by atoms with E-state index in [0.29, 0.717) is 25.2 Å². The van der Waals surface area contributed by atoms with Crippen molar-refractivity contribution in [3.8, 4) is 5.75 Å². The highest BCUT2D eigenvalue weighted by Crippen LogP contribution is 2.19. The first kappa shape index (κ1) is 17.0. The molecular formula is C16H22O5S. The molecule has 0 radical (unpaired) electrons. The second-order valence-electron chi connectivity index (χ2n) is 5.64. The molecule has 1 atom stereocenters. The van der Waals surface area contributed by atoms with Gasteiger partial charge in [0.15, 0.2) is 0 Å². The summed E-state index contributed by atoms with van der Waals surface area (Å²) in [4.78, 5) is 10.9. The molecule has 0 unspecified atom stereocenters. The van der Waals surface area contributed by atoms with Gasteiger partial charge in [0.2, 0.25) is 0 Å². The van der Waals surface area contributed by atoms with Crippen LogP contribution in [0.15, 0.2) is 24.3 Å². The quantitative estimate of drug-likeness (QED) is 0.720. The van der Waals surface area contributed by atoms with Crippen LogP contribution in [0.1, 0.15) is 38.2 Å². The molecule has 6 heteroatoms. The van der Waals surface area contributed by atoms with Crippen molar-refractivity contribution >= 4 is 15.9 Å². The number of benzene rings is 1. The van der Waals surface area contributed by atoms with Gasteiger partial charge in [-0.2, -0.15) is 8.42 Å². The Kier molecular flexibility index (Phi) is 5.97. The molecule has 1 aromatic rings. The van der Waals surface area contributed by atoms with Gasteiger partial charge in [-0.15, -0.1) is 0 Å². The highest BCUT2D eigenvalue weighted by molar-refractivity contribution is 7.87. The summed E-state index contributed by atoms with van der Waals surface area (Å²) in [6.45, 7) is 2.17. The summed E-state index contributed by atoms with van der Waals surface area (Å²) in [7, 11) is -3.65. The second kappa shape index (κ2) is 7.74. The van der Waals surface area contributed by atoms with Crippen molar-refractivity contribution in [2.45, 2.75) is 45.1 Å². The molecule has 0 aliphatic carbocycles. The maximum absolute atomic E-state index is 12.0. The molecule has 1 aromatic carbocycles. The van der Waals surface area contributed by atoms with Crippen molar-refractivity contribution in [3.63, 3.8) is 0 Å². The topological polar surface area (TPSA) is 69.7 Å². The van der Waals surface area contributed by atoms with E-state index in [1.165, 1.54) is 0 Å². The van der Waals surface area contributed by atoms with E-state index in [9.17, 15) is 13.2 Å². The highest BCUT2D eigenvalue weighted by atomic mass is 32.2. The van der Waals surface area contributed by atoms with Crippen LogP contribution in [-0.2, 0) is 26.1 Å². The molecule has 122 valence electrons. The predicted octanol–water partition coefficient (Wildman–Crippen LogP) is 2.49. The number of ether oxygens (including phenoxy) is 1. The first-order chi connectivity index (χ1) is 10.4. The molecule has 1 fully saturated rings. The molecule has 2 rings (SSSR count). The third-order valence-corrected chi connectivity index (χ3v) is 4.80. The Labute approximate surface area is 131 Å². The minimum atomic E-state index is -3.65. The van der Waals surface area contributed by atoms with Crippen molar-refractivity contribution < 1.29 is 22.1 Å². The van der Waals surface area contributed by atoms with Crippen molar-refractivity contribution in [2.24, 2.45) is 0 Å². The smallest absolute Gasteiger partial charge is 0.311 e. The molecule has 0 saturated carbocycles. The van der Waals surface area contributed by atoms with E-state index in [1.54, 1.807) is 31.2 Å². The minimum Gasteiger partial charge on any atom is -0.382 e. The largest absolute Gasteiger partial charge is 0.382 e. The SMILES string of the molecule is CC(=O)CCc1ccc(OS(=O)(=O)C[C@H]2CCCCO2)cc1. The molecule has 0 bridgehead atoms. The molecule has 1 aliphatic rings. The third kappa shape index (κ3) is 5.77. The van der Waals surface area contributed by atoms with Crippen molar-refractivity contribution in [1.82, 2.24) is 0 Å². The Balaban J connectivity index is 1.89. The van der Waals surface area contributed by atoms with Crippen molar-refractivity contribution in [2.75, 3.05) is 12.4 Å². The summed E-state index contributed by atoms with van der Waals surface area (Å²) in [6.07, 6.45) is 3.60. The molecule has 5 nitrogen and oxygen atoms in total. The second-order valence-corrected chi connectivity index (χ2v) is 7.26. The summed E-state index contributed by atoms with van der Waals surface area (Å²) in [6, 6.07) is 6.80. The normalized spacial score (nSPS) is 18.9. The van der Waals surface area contributed by atoms with Gasteiger partial charge in [0.25, 0.3) is 0 Å². The molecule has 0 amide bonds. The average molecular weight is 326 g/mol. The molecular weight excluding hydrogens is 304 g/mol. The number of hydrogen-bond donors (Lipinski definition) is 0. The van der Waals surface area contributed by atoms with E-state index < -0.39 is 10.1 Å². The standard InChI is InChI=1S/C16H22O5S/c1-13(17)5-6-14-7-9-15(10-8-14)21-22(18,19)12-16-4-2-3-11-20-16/h7-10,16H,2-6,11-12H2,1H3/t16-/m1/s1. The number of aryl methyl sites for hydroxylation is 1. The van der Waals surface area contributed by atoms with Crippen LogP contribution in [0, 0.1) is 0 Å². The van der Waals surface area contributed by atoms with E-state index in [2.05, 4.69) is 0 Å². The lowest BCUT2D eigenvalue weighted by Crippen LogP contribution is -2.29. The molecule has 1 aliphatic heterocycles. The Morgan fingerprint density at radius 2 is 2.00 bits per heavy atom. The number of ketones is 1. The van der Waals surface area contributed by atoms with Crippen molar-refractivity contribution in [3.05, 3.63) is 29.8 Å². The van der Waals surface area contributed by atoms with E-state index in [-0.39, 0.29) is 17.6 Å². The zero-order valence-electron chi connectivity index (χ0n) is 12.8. The Morgan fingerprint density at radius 3 is 2.59 bits per heavy atom. The van der Waals surface area contributed by atoms with Gasteiger partial charge in [-0.1, -0.05) is 12.1 Å². The Hall–Kier alpha value is -1.40. The fourth-order valence-electron chi connectivity index (χ4n) is 2.38.